The highest BCUT2D eigenvalue weighted by molar-refractivity contribution is 7.91. The average molecular weight is 490 g/mol. The molecule has 0 aliphatic heterocycles. The van der Waals surface area contributed by atoms with Crippen LogP contribution in [0, 0.1) is 0 Å². The third-order valence-corrected chi connectivity index (χ3v) is 7.33. The first-order valence-electron chi connectivity index (χ1n) is 11.4. The number of hydrogen-bond acceptors (Lipinski definition) is 6. The molecule has 2 heterocycles. The molecule has 8 heteroatoms. The van der Waals surface area contributed by atoms with E-state index >= 15 is 0 Å². The van der Waals surface area contributed by atoms with Gasteiger partial charge in [0.05, 0.1) is 11.4 Å². The molecular weight excluding hydrogens is 462 g/mol. The van der Waals surface area contributed by atoms with Crippen LogP contribution in [-0.2, 0) is 16.4 Å². The van der Waals surface area contributed by atoms with Crippen molar-refractivity contribution < 1.29 is 17.6 Å². The Morgan fingerprint density at radius 1 is 0.857 bits per heavy atom. The Bertz CT molecular complexity index is 1360. The molecule has 0 unspecified atom stereocenters. The molecule has 0 N–H and O–H groups in total. The maximum atomic E-state index is 13.5. The summed E-state index contributed by atoms with van der Waals surface area (Å²) >= 11 is 0. The summed E-state index contributed by atoms with van der Waals surface area (Å²) in [6.07, 6.45) is 1.60. The van der Waals surface area contributed by atoms with E-state index in [0.717, 1.165) is 24.3 Å². The van der Waals surface area contributed by atoms with Crippen molar-refractivity contribution in [3.05, 3.63) is 102 Å². The Kier molecular flexibility index (Phi) is 7.31. The molecule has 2 aromatic carbocycles. The van der Waals surface area contributed by atoms with Gasteiger partial charge in [-0.2, -0.15) is 0 Å². The number of amides is 1. The van der Waals surface area contributed by atoms with E-state index in [2.05, 4.69) is 23.7 Å². The predicted molar refractivity (Wildman–Crippen MR) is 135 cm³/mol. The number of pyridine rings is 1. The molecule has 0 bridgehead atoms. The number of furan rings is 1. The van der Waals surface area contributed by atoms with Crippen LogP contribution in [0.2, 0.25) is 0 Å². The van der Waals surface area contributed by atoms with E-state index in [1.54, 1.807) is 42.6 Å². The predicted octanol–water partition coefficient (Wildman–Crippen LogP) is 5.20. The van der Waals surface area contributed by atoms with Crippen LogP contribution in [0.3, 0.4) is 0 Å². The fourth-order valence-corrected chi connectivity index (χ4v) is 4.98. The zero-order valence-corrected chi connectivity index (χ0v) is 20.5. The Morgan fingerprint density at radius 2 is 1.54 bits per heavy atom. The number of carbonyl (C=O) groups excluding carboxylic acids is 1. The normalized spacial score (nSPS) is 11.3. The van der Waals surface area contributed by atoms with Gasteiger partial charge in [0.1, 0.15) is 5.82 Å². The van der Waals surface area contributed by atoms with Crippen molar-refractivity contribution in [3.63, 3.8) is 0 Å². The van der Waals surface area contributed by atoms with Gasteiger partial charge in [-0.1, -0.05) is 36.4 Å². The highest BCUT2D eigenvalue weighted by Crippen LogP contribution is 2.25. The molecule has 0 saturated carbocycles. The largest absolute Gasteiger partial charge is 0.439 e. The molecule has 4 rings (SSSR count). The van der Waals surface area contributed by atoms with Crippen molar-refractivity contribution in [2.45, 2.75) is 30.4 Å². The second-order valence-corrected chi connectivity index (χ2v) is 9.73. The lowest BCUT2D eigenvalue weighted by Gasteiger charge is -2.23. The number of carbonyl (C=O) groups is 1. The number of sulfone groups is 1. The van der Waals surface area contributed by atoms with E-state index in [4.69, 9.17) is 4.42 Å². The molecule has 2 aromatic heterocycles. The minimum atomic E-state index is -3.88. The average Bonchev–Trinajstić information content (AvgIpc) is 3.41. The van der Waals surface area contributed by atoms with Crippen LogP contribution >= 0.6 is 0 Å². The second kappa shape index (κ2) is 10.6. The molecule has 0 atom stereocenters. The smallest absolute Gasteiger partial charge is 0.295 e. The highest BCUT2D eigenvalue weighted by atomic mass is 32.2. The molecule has 0 aliphatic rings. The van der Waals surface area contributed by atoms with Crippen molar-refractivity contribution >= 4 is 27.2 Å². The maximum absolute atomic E-state index is 13.5. The summed E-state index contributed by atoms with van der Waals surface area (Å²) in [6.45, 7) is 6.26. The summed E-state index contributed by atoms with van der Waals surface area (Å²) in [5.74, 6) is -0.120. The first-order valence-corrected chi connectivity index (χ1v) is 12.9. The number of anilines is 2. The van der Waals surface area contributed by atoms with Gasteiger partial charge in [0.15, 0.2) is 5.76 Å². The number of benzene rings is 2. The molecule has 0 spiro atoms. The Hall–Kier alpha value is -3.91. The lowest BCUT2D eigenvalue weighted by molar-refractivity contribution is 0.0952. The van der Waals surface area contributed by atoms with Gasteiger partial charge in [0, 0.05) is 25.0 Å². The molecule has 35 heavy (non-hydrogen) atoms. The number of nitrogens with zero attached hydrogens (tertiary/aromatic N) is 3. The fourth-order valence-electron chi connectivity index (χ4n) is 3.78. The van der Waals surface area contributed by atoms with Crippen LogP contribution in [0.1, 0.15) is 30.0 Å². The van der Waals surface area contributed by atoms with E-state index in [0.29, 0.717) is 5.82 Å². The molecule has 1 amide bonds. The first-order chi connectivity index (χ1) is 16.9. The lowest BCUT2D eigenvalue weighted by atomic mass is 10.1. The summed E-state index contributed by atoms with van der Waals surface area (Å²) < 4.78 is 31.4. The minimum absolute atomic E-state index is 0.0788. The molecule has 0 radical (unpaired) electrons. The molecule has 4 aromatic rings. The van der Waals surface area contributed by atoms with Crippen molar-refractivity contribution in [1.29, 1.82) is 0 Å². The van der Waals surface area contributed by atoms with Crippen LogP contribution in [0.5, 0.6) is 0 Å². The van der Waals surface area contributed by atoms with E-state index < -0.39 is 15.7 Å². The van der Waals surface area contributed by atoms with Crippen LogP contribution in [0.4, 0.5) is 11.5 Å². The Balaban J connectivity index is 1.63. The molecule has 7 nitrogen and oxygen atoms in total. The molecular formula is C27H27N3O4S. The summed E-state index contributed by atoms with van der Waals surface area (Å²) in [7, 11) is -3.88. The number of hydrogen-bond donors (Lipinski definition) is 0. The summed E-state index contributed by atoms with van der Waals surface area (Å²) in [5.41, 5.74) is 2.01. The van der Waals surface area contributed by atoms with Gasteiger partial charge in [-0.05, 0) is 67.9 Å². The van der Waals surface area contributed by atoms with Crippen LogP contribution < -0.4 is 9.80 Å². The zero-order valence-electron chi connectivity index (χ0n) is 19.7. The summed E-state index contributed by atoms with van der Waals surface area (Å²) in [6, 6.07) is 24.0. The number of rotatable bonds is 9. The monoisotopic (exact) mass is 489 g/mol. The first kappa shape index (κ1) is 24.2. The highest BCUT2D eigenvalue weighted by Gasteiger charge is 2.27. The van der Waals surface area contributed by atoms with Crippen LogP contribution in [0.15, 0.2) is 106 Å². The SMILES string of the molecule is CCN(CC)c1ccc(CN(C(=O)c2ccc(S(=O)(=O)c3ccccc3)o2)c2ccccn2)cc1. The maximum Gasteiger partial charge on any atom is 0.295 e. The van der Waals surface area contributed by atoms with Gasteiger partial charge >= 0.3 is 0 Å². The molecule has 0 saturated heterocycles. The van der Waals surface area contributed by atoms with E-state index in [1.165, 1.54) is 29.2 Å². The lowest BCUT2D eigenvalue weighted by Crippen LogP contribution is -2.31. The number of aromatic nitrogens is 1. The molecule has 0 aliphatic carbocycles. The minimum Gasteiger partial charge on any atom is -0.439 e. The van der Waals surface area contributed by atoms with E-state index in [9.17, 15) is 13.2 Å². The van der Waals surface area contributed by atoms with Gasteiger partial charge in [0.25, 0.3) is 5.91 Å². The van der Waals surface area contributed by atoms with E-state index in [1.807, 2.05) is 24.3 Å². The van der Waals surface area contributed by atoms with Crippen molar-refractivity contribution in [2.24, 2.45) is 0 Å². The van der Waals surface area contributed by atoms with E-state index in [-0.39, 0.29) is 22.3 Å². The Labute approximate surface area is 205 Å². The third-order valence-electron chi connectivity index (χ3n) is 5.69. The van der Waals surface area contributed by atoms with Crippen molar-refractivity contribution in [2.75, 3.05) is 22.9 Å². The third kappa shape index (κ3) is 5.27. The molecule has 180 valence electrons. The van der Waals surface area contributed by atoms with Gasteiger partial charge in [0.2, 0.25) is 14.9 Å². The van der Waals surface area contributed by atoms with Crippen LogP contribution in [0.25, 0.3) is 0 Å². The Morgan fingerprint density at radius 3 is 2.17 bits per heavy atom. The summed E-state index contributed by atoms with van der Waals surface area (Å²) in [4.78, 5) is 21.6. The topological polar surface area (TPSA) is 83.7 Å². The second-order valence-electron chi connectivity index (χ2n) is 7.85. The van der Waals surface area contributed by atoms with Crippen molar-refractivity contribution in [1.82, 2.24) is 4.98 Å². The van der Waals surface area contributed by atoms with Crippen LogP contribution in [-0.4, -0.2) is 32.4 Å². The standard InChI is InChI=1S/C27H27N3O4S/c1-3-29(4-2)22-15-13-21(14-16-22)20-30(25-12-8-9-19-28-25)27(31)24-17-18-26(34-24)35(32,33)23-10-6-5-7-11-23/h5-19H,3-4,20H2,1-2H3. The van der Waals surface area contributed by atoms with Gasteiger partial charge in [-0.15, -0.1) is 0 Å². The summed E-state index contributed by atoms with van der Waals surface area (Å²) in [5, 5.41) is -0.281. The quantitative estimate of drug-likeness (QED) is 0.321. The molecule has 0 fully saturated rings. The van der Waals surface area contributed by atoms with Crippen molar-refractivity contribution in [3.8, 4) is 0 Å². The zero-order chi connectivity index (χ0) is 24.8. The fraction of sp³-hybridized carbons (Fsp3) is 0.185. The van der Waals surface area contributed by atoms with Gasteiger partial charge in [-0.25, -0.2) is 13.4 Å². The van der Waals surface area contributed by atoms with Gasteiger partial charge in [-0.3, -0.25) is 9.69 Å². The van der Waals surface area contributed by atoms with Gasteiger partial charge < -0.3 is 9.32 Å².